The molecule has 0 fully saturated rings. The lowest BCUT2D eigenvalue weighted by atomic mass is 10.0. The standard InChI is InChI=1S/C11H10F7N.ClH/c12-8-5-6(11(16,17)18)1-2-7(8)9(19)3-4-10(13,14)15;/h1-2,5,9H,3-4,19H2;1H/t9-;/m0./s1. The maximum atomic E-state index is 13.4. The number of rotatable bonds is 3. The summed E-state index contributed by atoms with van der Waals surface area (Å²) >= 11 is 0. The molecule has 0 saturated heterocycles. The molecule has 9 heteroatoms. The molecule has 0 bridgehead atoms. The van der Waals surface area contributed by atoms with E-state index in [9.17, 15) is 30.7 Å². The number of alkyl halides is 6. The second kappa shape index (κ2) is 6.62. The maximum Gasteiger partial charge on any atom is 0.416 e. The summed E-state index contributed by atoms with van der Waals surface area (Å²) in [6.07, 6.45) is -11.0. The molecular weight excluding hydrogens is 315 g/mol. The van der Waals surface area contributed by atoms with Gasteiger partial charge < -0.3 is 5.73 Å². The highest BCUT2D eigenvalue weighted by Crippen LogP contribution is 2.32. The van der Waals surface area contributed by atoms with Crippen LogP contribution in [0.3, 0.4) is 0 Å². The molecule has 0 heterocycles. The van der Waals surface area contributed by atoms with Crippen LogP contribution in [0.1, 0.15) is 30.0 Å². The second-order valence-electron chi connectivity index (χ2n) is 3.99. The van der Waals surface area contributed by atoms with E-state index in [1.54, 1.807) is 0 Å². The molecule has 0 aliphatic heterocycles. The lowest BCUT2D eigenvalue weighted by Gasteiger charge is -2.15. The zero-order valence-electron chi connectivity index (χ0n) is 9.85. The van der Waals surface area contributed by atoms with Crippen molar-refractivity contribution in [1.82, 2.24) is 0 Å². The van der Waals surface area contributed by atoms with Gasteiger partial charge in [0, 0.05) is 18.0 Å². The van der Waals surface area contributed by atoms with Crippen molar-refractivity contribution in [3.05, 3.63) is 35.1 Å². The van der Waals surface area contributed by atoms with Gasteiger partial charge in [0.25, 0.3) is 0 Å². The van der Waals surface area contributed by atoms with E-state index in [1.165, 1.54) is 0 Å². The summed E-state index contributed by atoms with van der Waals surface area (Å²) in [7, 11) is 0. The maximum absolute atomic E-state index is 13.4. The zero-order chi connectivity index (χ0) is 14.8. The number of hydrogen-bond donors (Lipinski definition) is 1. The molecule has 0 aromatic heterocycles. The molecule has 1 nitrogen and oxygen atoms in total. The monoisotopic (exact) mass is 325 g/mol. The van der Waals surface area contributed by atoms with Gasteiger partial charge in [0.2, 0.25) is 0 Å². The average molecular weight is 326 g/mol. The molecule has 0 radical (unpaired) electrons. The molecule has 1 atom stereocenters. The van der Waals surface area contributed by atoms with Crippen molar-refractivity contribution in [3.63, 3.8) is 0 Å². The summed E-state index contributed by atoms with van der Waals surface area (Å²) in [5, 5.41) is 0. The fraction of sp³-hybridized carbons (Fsp3) is 0.455. The Labute approximate surface area is 116 Å². The van der Waals surface area contributed by atoms with E-state index in [0.29, 0.717) is 6.07 Å². The van der Waals surface area contributed by atoms with Crippen LogP contribution in [0.2, 0.25) is 0 Å². The average Bonchev–Trinajstić information content (AvgIpc) is 2.23. The molecule has 1 aromatic carbocycles. The molecule has 20 heavy (non-hydrogen) atoms. The number of benzene rings is 1. The Morgan fingerprint density at radius 1 is 1.05 bits per heavy atom. The lowest BCUT2D eigenvalue weighted by molar-refractivity contribution is -0.137. The first-order valence-electron chi connectivity index (χ1n) is 5.19. The van der Waals surface area contributed by atoms with Crippen LogP contribution in [0.25, 0.3) is 0 Å². The van der Waals surface area contributed by atoms with Crippen LogP contribution >= 0.6 is 12.4 Å². The molecule has 116 valence electrons. The topological polar surface area (TPSA) is 26.0 Å². The lowest BCUT2D eigenvalue weighted by Crippen LogP contribution is -2.17. The smallest absolute Gasteiger partial charge is 0.324 e. The van der Waals surface area contributed by atoms with Gasteiger partial charge in [-0.25, -0.2) is 4.39 Å². The molecule has 0 saturated carbocycles. The summed E-state index contributed by atoms with van der Waals surface area (Å²) in [5.41, 5.74) is 3.77. The molecule has 0 unspecified atom stereocenters. The van der Waals surface area contributed by atoms with Crippen LogP contribution in [-0.2, 0) is 6.18 Å². The highest BCUT2D eigenvalue weighted by atomic mass is 35.5. The third-order valence-corrected chi connectivity index (χ3v) is 2.47. The third kappa shape index (κ3) is 5.54. The summed E-state index contributed by atoms with van der Waals surface area (Å²) in [5.74, 6) is -1.26. The summed E-state index contributed by atoms with van der Waals surface area (Å²) in [6, 6.07) is 0.275. The minimum absolute atomic E-state index is 0. The van der Waals surface area contributed by atoms with Gasteiger partial charge in [0.1, 0.15) is 5.82 Å². The van der Waals surface area contributed by atoms with Crippen molar-refractivity contribution < 1.29 is 30.7 Å². The van der Waals surface area contributed by atoms with E-state index in [2.05, 4.69) is 0 Å². The van der Waals surface area contributed by atoms with Crippen LogP contribution in [-0.4, -0.2) is 6.18 Å². The van der Waals surface area contributed by atoms with Crippen LogP contribution < -0.4 is 5.73 Å². The van der Waals surface area contributed by atoms with Crippen molar-refractivity contribution in [3.8, 4) is 0 Å². The first kappa shape index (κ1) is 19.0. The van der Waals surface area contributed by atoms with E-state index in [-0.39, 0.29) is 24.0 Å². The van der Waals surface area contributed by atoms with E-state index >= 15 is 0 Å². The highest BCUT2D eigenvalue weighted by molar-refractivity contribution is 5.85. The van der Waals surface area contributed by atoms with E-state index in [0.717, 1.165) is 6.07 Å². The van der Waals surface area contributed by atoms with Crippen molar-refractivity contribution >= 4 is 12.4 Å². The summed E-state index contributed by atoms with van der Waals surface area (Å²) in [6.45, 7) is 0. The molecule has 0 aliphatic rings. The molecule has 1 rings (SSSR count). The Hall–Kier alpha value is -1.02. The predicted octanol–water partition coefficient (Wildman–Crippen LogP) is 4.61. The molecule has 1 aromatic rings. The van der Waals surface area contributed by atoms with Gasteiger partial charge in [-0.15, -0.1) is 12.4 Å². The molecule has 0 spiro atoms. The Morgan fingerprint density at radius 2 is 1.60 bits per heavy atom. The van der Waals surface area contributed by atoms with Crippen molar-refractivity contribution in [1.29, 1.82) is 0 Å². The van der Waals surface area contributed by atoms with E-state index in [4.69, 9.17) is 5.73 Å². The van der Waals surface area contributed by atoms with E-state index < -0.39 is 42.6 Å². The number of hydrogen-bond acceptors (Lipinski definition) is 1. The van der Waals surface area contributed by atoms with Crippen LogP contribution in [0.15, 0.2) is 18.2 Å². The van der Waals surface area contributed by atoms with Gasteiger partial charge in [0.05, 0.1) is 5.56 Å². The fourth-order valence-corrected chi connectivity index (χ4v) is 1.48. The molecule has 0 aliphatic carbocycles. The molecule has 2 N–H and O–H groups in total. The number of halogens is 8. The van der Waals surface area contributed by atoms with Gasteiger partial charge in [-0.2, -0.15) is 26.3 Å². The Kier molecular flexibility index (Phi) is 6.28. The Bertz CT molecular complexity index is 441. The van der Waals surface area contributed by atoms with Crippen molar-refractivity contribution in [2.45, 2.75) is 31.2 Å². The minimum Gasteiger partial charge on any atom is -0.324 e. The predicted molar refractivity (Wildman–Crippen MR) is 60.9 cm³/mol. The minimum atomic E-state index is -4.71. The zero-order valence-corrected chi connectivity index (χ0v) is 10.7. The first-order chi connectivity index (χ1) is 8.50. The molecule has 0 amide bonds. The van der Waals surface area contributed by atoms with Crippen molar-refractivity contribution in [2.75, 3.05) is 0 Å². The fourth-order valence-electron chi connectivity index (χ4n) is 1.48. The highest BCUT2D eigenvalue weighted by Gasteiger charge is 2.32. The van der Waals surface area contributed by atoms with Gasteiger partial charge in [-0.1, -0.05) is 6.07 Å². The first-order valence-corrected chi connectivity index (χ1v) is 5.19. The third-order valence-electron chi connectivity index (χ3n) is 2.47. The number of nitrogens with two attached hydrogens (primary N) is 1. The largest absolute Gasteiger partial charge is 0.416 e. The van der Waals surface area contributed by atoms with Gasteiger partial charge in [-0.05, 0) is 18.6 Å². The van der Waals surface area contributed by atoms with Crippen LogP contribution in [0, 0.1) is 5.82 Å². The van der Waals surface area contributed by atoms with Gasteiger partial charge in [0.15, 0.2) is 0 Å². The van der Waals surface area contributed by atoms with Gasteiger partial charge in [-0.3, -0.25) is 0 Å². The van der Waals surface area contributed by atoms with Crippen molar-refractivity contribution in [2.24, 2.45) is 5.73 Å². The van der Waals surface area contributed by atoms with Crippen LogP contribution in [0.5, 0.6) is 0 Å². The molecular formula is C11H11ClF7N. The van der Waals surface area contributed by atoms with Crippen LogP contribution in [0.4, 0.5) is 30.7 Å². The normalized spacial score (nSPS) is 13.8. The Morgan fingerprint density at radius 3 is 2.00 bits per heavy atom. The second-order valence-corrected chi connectivity index (χ2v) is 3.99. The summed E-state index contributed by atoms with van der Waals surface area (Å²) < 4.78 is 86.0. The summed E-state index contributed by atoms with van der Waals surface area (Å²) in [4.78, 5) is 0. The SMILES string of the molecule is Cl.N[C@@H](CCC(F)(F)F)c1ccc(C(F)(F)F)cc1F. The van der Waals surface area contributed by atoms with Gasteiger partial charge >= 0.3 is 12.4 Å². The quantitative estimate of drug-likeness (QED) is 0.807. The Balaban J connectivity index is 0.00000361. The van der Waals surface area contributed by atoms with E-state index in [1.807, 2.05) is 0 Å².